The van der Waals surface area contributed by atoms with Crippen molar-refractivity contribution in [3.05, 3.63) is 29.8 Å². The minimum Gasteiger partial charge on any atom is -0.378 e. The van der Waals surface area contributed by atoms with Crippen molar-refractivity contribution in [1.82, 2.24) is 0 Å². The van der Waals surface area contributed by atoms with Gasteiger partial charge in [0.25, 0.3) is 5.92 Å². The molecule has 1 aliphatic rings. The van der Waals surface area contributed by atoms with Crippen LogP contribution in [-0.2, 0) is 5.54 Å². The average molecular weight is 212 g/mol. The summed E-state index contributed by atoms with van der Waals surface area (Å²) < 4.78 is 26.1. The summed E-state index contributed by atoms with van der Waals surface area (Å²) in [5.41, 5.74) is 5.60. The Labute approximate surface area is 87.7 Å². The minimum atomic E-state index is -2.75. The number of alkyl halides is 2. The molecule has 0 saturated heterocycles. The summed E-state index contributed by atoms with van der Waals surface area (Å²) in [4.78, 5) is 1.87. The fourth-order valence-electron chi connectivity index (χ4n) is 1.68. The summed E-state index contributed by atoms with van der Waals surface area (Å²) in [6.07, 6.45) is -0.253. The number of anilines is 1. The minimum absolute atomic E-state index is 0.253. The summed E-state index contributed by atoms with van der Waals surface area (Å²) in [5.74, 6) is -2.75. The van der Waals surface area contributed by atoms with Crippen molar-refractivity contribution in [1.29, 1.82) is 0 Å². The third-order valence-corrected chi connectivity index (χ3v) is 2.91. The Kier molecular flexibility index (Phi) is 2.01. The molecule has 0 amide bonds. The Balaban J connectivity index is 2.35. The lowest BCUT2D eigenvalue weighted by atomic mass is 10.0. The predicted molar refractivity (Wildman–Crippen MR) is 56.2 cm³/mol. The van der Waals surface area contributed by atoms with Crippen LogP contribution in [0.15, 0.2) is 24.3 Å². The van der Waals surface area contributed by atoms with E-state index in [9.17, 15) is 8.78 Å². The van der Waals surface area contributed by atoms with E-state index in [2.05, 4.69) is 0 Å². The molecule has 0 radical (unpaired) electrons. The molecule has 1 aromatic rings. The second kappa shape index (κ2) is 2.92. The molecule has 2 N–H and O–H groups in total. The standard InChI is InChI=1S/C11H14F2N2/c1-15(2)9-5-3-4-8(6-9)10(14)7-11(10,12)13/h3-6H,7,14H2,1-2H3. The van der Waals surface area contributed by atoms with Crippen LogP contribution in [0.25, 0.3) is 0 Å². The van der Waals surface area contributed by atoms with Gasteiger partial charge in [0.1, 0.15) is 5.54 Å². The van der Waals surface area contributed by atoms with Crippen LogP contribution in [0.4, 0.5) is 14.5 Å². The van der Waals surface area contributed by atoms with E-state index in [1.807, 2.05) is 25.1 Å². The van der Waals surface area contributed by atoms with Gasteiger partial charge in [0.2, 0.25) is 0 Å². The Morgan fingerprint density at radius 2 is 1.93 bits per heavy atom. The average Bonchev–Trinajstić information content (AvgIpc) is 2.68. The quantitative estimate of drug-likeness (QED) is 0.811. The first-order valence-electron chi connectivity index (χ1n) is 4.81. The maximum Gasteiger partial charge on any atom is 0.272 e. The Bertz CT molecular complexity index is 390. The maximum atomic E-state index is 13.1. The van der Waals surface area contributed by atoms with Crippen LogP contribution in [0.2, 0.25) is 0 Å². The first-order chi connectivity index (χ1) is 6.87. The van der Waals surface area contributed by atoms with Crippen molar-refractivity contribution in [2.24, 2.45) is 5.73 Å². The van der Waals surface area contributed by atoms with E-state index < -0.39 is 11.5 Å². The summed E-state index contributed by atoms with van der Waals surface area (Å²) in [7, 11) is 3.74. The smallest absolute Gasteiger partial charge is 0.272 e. The first kappa shape index (κ1) is 10.4. The molecule has 1 atom stereocenters. The van der Waals surface area contributed by atoms with Gasteiger partial charge in [-0.2, -0.15) is 0 Å². The molecule has 0 aliphatic heterocycles. The van der Waals surface area contributed by atoms with Crippen molar-refractivity contribution >= 4 is 5.69 Å². The molecular formula is C11H14F2N2. The molecule has 15 heavy (non-hydrogen) atoms. The zero-order valence-electron chi connectivity index (χ0n) is 8.80. The van der Waals surface area contributed by atoms with Gasteiger partial charge in [-0.15, -0.1) is 0 Å². The lowest BCUT2D eigenvalue weighted by Gasteiger charge is -2.16. The fraction of sp³-hybridized carbons (Fsp3) is 0.455. The number of rotatable bonds is 2. The van der Waals surface area contributed by atoms with E-state index in [1.165, 1.54) is 0 Å². The molecule has 0 bridgehead atoms. The molecule has 4 heteroatoms. The van der Waals surface area contributed by atoms with Gasteiger partial charge >= 0.3 is 0 Å². The third-order valence-electron chi connectivity index (χ3n) is 2.91. The molecule has 82 valence electrons. The molecule has 2 nitrogen and oxygen atoms in total. The van der Waals surface area contributed by atoms with Crippen LogP contribution < -0.4 is 10.6 Å². The van der Waals surface area contributed by atoms with Gasteiger partial charge in [0.15, 0.2) is 0 Å². The van der Waals surface area contributed by atoms with Crippen LogP contribution >= 0.6 is 0 Å². The van der Waals surface area contributed by atoms with Crippen molar-refractivity contribution in [2.45, 2.75) is 17.9 Å². The largest absolute Gasteiger partial charge is 0.378 e. The SMILES string of the molecule is CN(C)c1cccc(C2(N)CC2(F)F)c1. The Morgan fingerprint density at radius 1 is 1.33 bits per heavy atom. The number of benzene rings is 1. The van der Waals surface area contributed by atoms with E-state index in [0.717, 1.165) is 5.69 Å². The highest BCUT2D eigenvalue weighted by atomic mass is 19.3. The van der Waals surface area contributed by atoms with Crippen LogP contribution in [0, 0.1) is 0 Å². The van der Waals surface area contributed by atoms with Crippen molar-refractivity contribution < 1.29 is 8.78 Å². The van der Waals surface area contributed by atoms with Gasteiger partial charge in [-0.25, -0.2) is 8.78 Å². The monoisotopic (exact) mass is 212 g/mol. The Hall–Kier alpha value is -1.16. The lowest BCUT2D eigenvalue weighted by Crippen LogP contribution is -2.27. The number of hydrogen-bond acceptors (Lipinski definition) is 2. The van der Waals surface area contributed by atoms with Gasteiger partial charge in [0, 0.05) is 26.2 Å². The van der Waals surface area contributed by atoms with Gasteiger partial charge in [0.05, 0.1) is 0 Å². The van der Waals surface area contributed by atoms with Gasteiger partial charge in [-0.1, -0.05) is 12.1 Å². The molecule has 0 aromatic heterocycles. The first-order valence-corrected chi connectivity index (χ1v) is 4.81. The van der Waals surface area contributed by atoms with E-state index >= 15 is 0 Å². The lowest BCUT2D eigenvalue weighted by molar-refractivity contribution is 0.0891. The van der Waals surface area contributed by atoms with Crippen LogP contribution in [-0.4, -0.2) is 20.0 Å². The number of halogens is 2. The Morgan fingerprint density at radius 3 is 2.40 bits per heavy atom. The highest BCUT2D eigenvalue weighted by molar-refractivity contribution is 5.51. The molecule has 1 unspecified atom stereocenters. The van der Waals surface area contributed by atoms with Crippen molar-refractivity contribution in [3.8, 4) is 0 Å². The molecule has 0 spiro atoms. The predicted octanol–water partition coefficient (Wildman–Crippen LogP) is 1.95. The maximum absolute atomic E-state index is 13.1. The second-order valence-electron chi connectivity index (χ2n) is 4.30. The molecule has 1 aromatic carbocycles. The van der Waals surface area contributed by atoms with Gasteiger partial charge < -0.3 is 10.6 Å². The number of nitrogens with two attached hydrogens (primary N) is 1. The zero-order valence-corrected chi connectivity index (χ0v) is 8.80. The van der Waals surface area contributed by atoms with Crippen LogP contribution in [0.5, 0.6) is 0 Å². The summed E-state index contributed by atoms with van der Waals surface area (Å²) in [6, 6.07) is 7.01. The van der Waals surface area contributed by atoms with Gasteiger partial charge in [-0.05, 0) is 17.7 Å². The highest BCUT2D eigenvalue weighted by Crippen LogP contribution is 2.57. The molecule has 1 aliphatic carbocycles. The third kappa shape index (κ3) is 1.49. The summed E-state index contributed by atoms with van der Waals surface area (Å²) >= 11 is 0. The number of nitrogens with zero attached hydrogens (tertiary/aromatic N) is 1. The summed E-state index contributed by atoms with van der Waals surface area (Å²) in [6.45, 7) is 0. The molecule has 2 rings (SSSR count). The van der Waals surface area contributed by atoms with E-state index in [0.29, 0.717) is 5.56 Å². The zero-order chi connectivity index (χ0) is 11.3. The van der Waals surface area contributed by atoms with Crippen molar-refractivity contribution in [3.63, 3.8) is 0 Å². The topological polar surface area (TPSA) is 29.3 Å². The second-order valence-corrected chi connectivity index (χ2v) is 4.30. The number of hydrogen-bond donors (Lipinski definition) is 1. The van der Waals surface area contributed by atoms with E-state index in [-0.39, 0.29) is 6.42 Å². The van der Waals surface area contributed by atoms with Crippen LogP contribution in [0.1, 0.15) is 12.0 Å². The highest BCUT2D eigenvalue weighted by Gasteiger charge is 2.69. The molecular weight excluding hydrogens is 198 g/mol. The van der Waals surface area contributed by atoms with Crippen LogP contribution in [0.3, 0.4) is 0 Å². The molecule has 1 fully saturated rings. The normalized spacial score (nSPS) is 27.5. The van der Waals surface area contributed by atoms with Gasteiger partial charge in [-0.3, -0.25) is 0 Å². The van der Waals surface area contributed by atoms with E-state index in [4.69, 9.17) is 5.73 Å². The molecule has 0 heterocycles. The summed E-state index contributed by atoms with van der Waals surface area (Å²) in [5, 5.41) is 0. The van der Waals surface area contributed by atoms with Crippen molar-refractivity contribution in [2.75, 3.05) is 19.0 Å². The molecule has 1 saturated carbocycles. The van der Waals surface area contributed by atoms with E-state index in [1.54, 1.807) is 18.2 Å². The fourth-order valence-corrected chi connectivity index (χ4v) is 1.68.